The molecule has 0 spiro atoms. The number of ether oxygens (including phenoxy) is 1. The summed E-state index contributed by atoms with van der Waals surface area (Å²) in [4.78, 5) is 22.0. The minimum absolute atomic E-state index is 0.0315. The molecular weight excluding hydrogens is 454 g/mol. The van der Waals surface area contributed by atoms with Crippen LogP contribution in [0.1, 0.15) is 34.9 Å². The first-order chi connectivity index (χ1) is 16.3. The number of hydrogen-bond acceptors (Lipinski definition) is 6. The Balaban J connectivity index is 1.78. The molecule has 172 valence electrons. The largest absolute Gasteiger partial charge is 0.504 e. The molecule has 0 radical (unpaired) electrons. The van der Waals surface area contributed by atoms with E-state index in [0.29, 0.717) is 28.2 Å². The second-order valence-corrected chi connectivity index (χ2v) is 8.65. The van der Waals surface area contributed by atoms with Gasteiger partial charge in [0.2, 0.25) is 5.91 Å². The lowest BCUT2D eigenvalue weighted by molar-refractivity contribution is -0.116. The summed E-state index contributed by atoms with van der Waals surface area (Å²) in [5, 5.41) is 18.6. The van der Waals surface area contributed by atoms with Crippen LogP contribution >= 0.6 is 11.6 Å². The third kappa shape index (κ3) is 3.86. The summed E-state index contributed by atoms with van der Waals surface area (Å²) in [6.45, 7) is 3.77. The number of carbonyl (C=O) groups is 1. The Morgan fingerprint density at radius 1 is 1.09 bits per heavy atom. The van der Waals surface area contributed by atoms with Crippen molar-refractivity contribution in [3.8, 4) is 28.7 Å². The van der Waals surface area contributed by atoms with Crippen LogP contribution in [0.5, 0.6) is 11.5 Å². The van der Waals surface area contributed by atoms with Crippen LogP contribution in [-0.4, -0.2) is 37.9 Å². The van der Waals surface area contributed by atoms with E-state index in [2.05, 4.69) is 15.3 Å². The molecule has 1 atom stereocenters. The number of phenolic OH excluding ortho intramolecular Hbond substituents is 1. The third-order valence-corrected chi connectivity index (χ3v) is 6.05. The fourth-order valence-corrected chi connectivity index (χ4v) is 4.44. The zero-order valence-corrected chi connectivity index (χ0v) is 19.6. The normalized spacial score (nSPS) is 15.1. The van der Waals surface area contributed by atoms with E-state index in [1.807, 2.05) is 32.0 Å². The second kappa shape index (κ2) is 8.46. The predicted octanol–water partition coefficient (Wildman–Crippen LogP) is 4.79. The van der Waals surface area contributed by atoms with E-state index >= 15 is 0 Å². The summed E-state index contributed by atoms with van der Waals surface area (Å²) in [5.74, 6) is 0.773. The maximum absolute atomic E-state index is 12.8. The zero-order valence-electron chi connectivity index (χ0n) is 18.8. The molecule has 0 aliphatic carbocycles. The number of nitrogens with one attached hydrogen (secondary N) is 1. The number of aromatic hydroxyl groups is 1. The first-order valence-electron chi connectivity index (χ1n) is 10.7. The summed E-state index contributed by atoms with van der Waals surface area (Å²) in [6, 6.07) is 14.4. The minimum atomic E-state index is -0.330. The lowest BCUT2D eigenvalue weighted by Crippen LogP contribution is -2.25. The fourth-order valence-electron chi connectivity index (χ4n) is 4.31. The van der Waals surface area contributed by atoms with Crippen LogP contribution in [0.25, 0.3) is 17.2 Å². The van der Waals surface area contributed by atoms with Crippen molar-refractivity contribution in [2.45, 2.75) is 26.2 Å². The second-order valence-electron chi connectivity index (χ2n) is 8.22. The van der Waals surface area contributed by atoms with Crippen LogP contribution in [0.2, 0.25) is 5.02 Å². The molecule has 4 aromatic rings. The Kier molecular flexibility index (Phi) is 5.45. The molecule has 2 aromatic carbocycles. The van der Waals surface area contributed by atoms with E-state index < -0.39 is 0 Å². The van der Waals surface area contributed by atoms with Crippen LogP contribution in [0, 0.1) is 13.8 Å². The van der Waals surface area contributed by atoms with Crippen molar-refractivity contribution >= 4 is 23.3 Å². The van der Waals surface area contributed by atoms with Crippen molar-refractivity contribution in [1.29, 1.82) is 0 Å². The number of phenols is 1. The molecule has 5 rings (SSSR count). The van der Waals surface area contributed by atoms with Gasteiger partial charge in [0.15, 0.2) is 11.5 Å². The molecule has 1 aliphatic heterocycles. The molecule has 1 amide bonds. The lowest BCUT2D eigenvalue weighted by Gasteiger charge is -2.25. The number of amides is 1. The van der Waals surface area contributed by atoms with Crippen molar-refractivity contribution < 1.29 is 14.6 Å². The Hall–Kier alpha value is -3.91. The Morgan fingerprint density at radius 2 is 1.79 bits per heavy atom. The van der Waals surface area contributed by atoms with Gasteiger partial charge in [-0.15, -0.1) is 0 Å². The van der Waals surface area contributed by atoms with Crippen LogP contribution in [0.3, 0.4) is 0 Å². The number of benzene rings is 2. The molecule has 0 fully saturated rings. The van der Waals surface area contributed by atoms with E-state index in [9.17, 15) is 9.90 Å². The summed E-state index contributed by atoms with van der Waals surface area (Å²) in [5.41, 5.74) is 4.77. The van der Waals surface area contributed by atoms with Crippen LogP contribution in [0.4, 0.5) is 5.82 Å². The van der Waals surface area contributed by atoms with Gasteiger partial charge in [0.05, 0.1) is 12.8 Å². The van der Waals surface area contributed by atoms with Crippen molar-refractivity contribution in [3.63, 3.8) is 0 Å². The highest BCUT2D eigenvalue weighted by Crippen LogP contribution is 2.45. The highest BCUT2D eigenvalue weighted by Gasteiger charge is 2.35. The van der Waals surface area contributed by atoms with Crippen molar-refractivity contribution in [2.75, 3.05) is 12.4 Å². The monoisotopic (exact) mass is 475 g/mol. The average Bonchev–Trinajstić information content (AvgIpc) is 3.18. The molecule has 0 saturated carbocycles. The highest BCUT2D eigenvalue weighted by molar-refractivity contribution is 6.30. The molecule has 2 N–H and O–H groups in total. The number of aromatic nitrogens is 4. The lowest BCUT2D eigenvalue weighted by atomic mass is 9.84. The van der Waals surface area contributed by atoms with Crippen molar-refractivity contribution in [2.24, 2.45) is 0 Å². The SMILES string of the molecule is COc1cc([C@@H]2CC(=O)Nc3c2c(-c2ccc(Cl)cc2)nn3-c2nc(C)cc(C)n2)ccc1O. The van der Waals surface area contributed by atoms with E-state index in [-0.39, 0.29) is 24.0 Å². The Morgan fingerprint density at radius 3 is 2.47 bits per heavy atom. The number of rotatable bonds is 4. The molecule has 0 bridgehead atoms. The molecule has 0 saturated heterocycles. The number of carbonyl (C=O) groups excluding carboxylic acids is 1. The average molecular weight is 476 g/mol. The number of anilines is 1. The molecule has 8 nitrogen and oxygen atoms in total. The van der Waals surface area contributed by atoms with Gasteiger partial charge in [0, 0.05) is 39.9 Å². The van der Waals surface area contributed by atoms with Crippen molar-refractivity contribution in [1.82, 2.24) is 19.7 Å². The molecule has 1 aliphatic rings. The minimum Gasteiger partial charge on any atom is -0.504 e. The van der Waals surface area contributed by atoms with Gasteiger partial charge in [0.25, 0.3) is 5.95 Å². The van der Waals surface area contributed by atoms with Crippen LogP contribution in [-0.2, 0) is 4.79 Å². The smallest absolute Gasteiger partial charge is 0.252 e. The standard InChI is InChI=1S/C25H22ClN5O3/c1-13-10-14(2)28-25(27-13)31-24-22(23(30-31)15-4-7-17(26)8-5-15)18(12-21(33)29-24)16-6-9-19(32)20(11-16)34-3/h4-11,18,32H,12H2,1-3H3,(H,29,33)/t18-/m0/s1. The summed E-state index contributed by atoms with van der Waals surface area (Å²) in [6.07, 6.45) is 0.209. The van der Waals surface area contributed by atoms with Gasteiger partial charge in [-0.1, -0.05) is 29.8 Å². The maximum atomic E-state index is 12.8. The summed E-state index contributed by atoms with van der Waals surface area (Å²) < 4.78 is 6.90. The topological polar surface area (TPSA) is 102 Å². The third-order valence-electron chi connectivity index (χ3n) is 5.80. The number of aryl methyl sites for hydroxylation is 2. The number of hydrogen-bond donors (Lipinski definition) is 2. The molecular formula is C25H22ClN5O3. The van der Waals surface area contributed by atoms with Crippen molar-refractivity contribution in [3.05, 3.63) is 76.1 Å². The van der Waals surface area contributed by atoms with Gasteiger partial charge in [-0.3, -0.25) is 4.79 Å². The number of methoxy groups -OCH3 is 1. The van der Waals surface area contributed by atoms with Gasteiger partial charge in [0.1, 0.15) is 5.82 Å². The van der Waals surface area contributed by atoms with E-state index in [0.717, 1.165) is 28.1 Å². The van der Waals surface area contributed by atoms with Gasteiger partial charge in [-0.05, 0) is 49.7 Å². The molecule has 0 unspecified atom stereocenters. The van der Waals surface area contributed by atoms with Crippen LogP contribution in [0.15, 0.2) is 48.5 Å². The predicted molar refractivity (Wildman–Crippen MR) is 129 cm³/mol. The van der Waals surface area contributed by atoms with Gasteiger partial charge < -0.3 is 15.2 Å². The molecule has 9 heteroatoms. The fraction of sp³-hybridized carbons (Fsp3) is 0.200. The Bertz CT molecular complexity index is 1390. The number of halogens is 1. The van der Waals surface area contributed by atoms with E-state index in [1.54, 1.807) is 35.0 Å². The van der Waals surface area contributed by atoms with Crippen LogP contribution < -0.4 is 10.1 Å². The van der Waals surface area contributed by atoms with Gasteiger partial charge in [-0.2, -0.15) is 9.78 Å². The zero-order chi connectivity index (χ0) is 24.0. The maximum Gasteiger partial charge on any atom is 0.252 e. The highest BCUT2D eigenvalue weighted by atomic mass is 35.5. The quantitative estimate of drug-likeness (QED) is 0.440. The van der Waals surface area contributed by atoms with Gasteiger partial charge in [-0.25, -0.2) is 9.97 Å². The molecule has 3 heterocycles. The molecule has 2 aromatic heterocycles. The van der Waals surface area contributed by atoms with E-state index in [1.165, 1.54) is 7.11 Å². The number of fused-ring (bicyclic) bond motifs is 1. The Labute approximate surface area is 201 Å². The van der Waals surface area contributed by atoms with Gasteiger partial charge >= 0.3 is 0 Å². The molecule has 34 heavy (non-hydrogen) atoms. The number of nitrogens with zero attached hydrogens (tertiary/aromatic N) is 4. The van der Waals surface area contributed by atoms with E-state index in [4.69, 9.17) is 21.4 Å². The first-order valence-corrected chi connectivity index (χ1v) is 11.1. The summed E-state index contributed by atoms with van der Waals surface area (Å²) >= 11 is 6.13. The first kappa shape index (κ1) is 21.9. The summed E-state index contributed by atoms with van der Waals surface area (Å²) in [7, 11) is 1.49.